The summed E-state index contributed by atoms with van der Waals surface area (Å²) in [6.45, 7) is 8.72. The largest absolute Gasteiger partial charge is 0.533 e. The molecule has 2 nitrogen and oxygen atoms in total. The van der Waals surface area contributed by atoms with E-state index < -0.39 is 8.32 Å². The Kier molecular flexibility index (Phi) is 5.33. The Morgan fingerprint density at radius 3 is 1.78 bits per heavy atom. The highest BCUT2D eigenvalue weighted by Gasteiger charge is 2.52. The highest BCUT2D eigenvalue weighted by Crippen LogP contribution is 2.38. The lowest BCUT2D eigenvalue weighted by atomic mass is 10.1. The van der Waals surface area contributed by atoms with Crippen molar-refractivity contribution in [3.63, 3.8) is 0 Å². The zero-order chi connectivity index (χ0) is 19.5. The fraction of sp³-hybridized carbons (Fsp3) is 0.208. The first-order chi connectivity index (χ1) is 12.9. The maximum absolute atomic E-state index is 11.7. The van der Waals surface area contributed by atoms with Crippen LogP contribution in [0, 0.1) is 6.92 Å². The number of aryl methyl sites for hydroxylation is 1. The van der Waals surface area contributed by atoms with Crippen LogP contribution < -0.4 is 14.8 Å². The third-order valence-corrected chi connectivity index (χ3v) is 9.91. The standard InChI is InChI=1S/C24H26O2Si/c1-19-15-16-20(18-25)23(17-19)26-27(24(2,3)4,21-11-7-5-8-12-21)22-13-9-6-10-14-22/h5-18H,1-4H3. The van der Waals surface area contributed by atoms with Gasteiger partial charge in [-0.3, -0.25) is 4.79 Å². The van der Waals surface area contributed by atoms with Crippen LogP contribution in [0.3, 0.4) is 0 Å². The molecule has 0 aliphatic rings. The second kappa shape index (κ2) is 7.53. The summed E-state index contributed by atoms with van der Waals surface area (Å²) < 4.78 is 6.95. The van der Waals surface area contributed by atoms with Gasteiger partial charge in [-0.1, -0.05) is 87.5 Å². The zero-order valence-corrected chi connectivity index (χ0v) is 17.4. The van der Waals surface area contributed by atoms with Crippen molar-refractivity contribution < 1.29 is 9.22 Å². The van der Waals surface area contributed by atoms with Gasteiger partial charge in [0.2, 0.25) is 0 Å². The van der Waals surface area contributed by atoms with Gasteiger partial charge in [0.1, 0.15) is 5.75 Å². The van der Waals surface area contributed by atoms with Crippen molar-refractivity contribution in [3.8, 4) is 5.75 Å². The van der Waals surface area contributed by atoms with E-state index in [1.165, 1.54) is 10.4 Å². The summed E-state index contributed by atoms with van der Waals surface area (Å²) in [6, 6.07) is 26.7. The van der Waals surface area contributed by atoms with Crippen molar-refractivity contribution in [2.45, 2.75) is 32.7 Å². The van der Waals surface area contributed by atoms with Gasteiger partial charge in [-0.25, -0.2) is 0 Å². The van der Waals surface area contributed by atoms with Gasteiger partial charge in [-0.05, 0) is 40.0 Å². The van der Waals surface area contributed by atoms with Gasteiger partial charge < -0.3 is 4.43 Å². The summed E-state index contributed by atoms with van der Waals surface area (Å²) >= 11 is 0. The first-order valence-corrected chi connectivity index (χ1v) is 11.2. The number of hydrogen-bond donors (Lipinski definition) is 0. The van der Waals surface area contributed by atoms with E-state index in [9.17, 15) is 4.79 Å². The van der Waals surface area contributed by atoms with Crippen LogP contribution in [0.15, 0.2) is 78.9 Å². The molecule has 0 aliphatic heterocycles. The van der Waals surface area contributed by atoms with Gasteiger partial charge in [0.05, 0.1) is 5.56 Å². The fourth-order valence-electron chi connectivity index (χ4n) is 3.64. The van der Waals surface area contributed by atoms with Gasteiger partial charge in [-0.2, -0.15) is 0 Å². The molecule has 0 spiro atoms. The molecule has 3 heteroatoms. The molecule has 138 valence electrons. The lowest BCUT2D eigenvalue weighted by Crippen LogP contribution is -2.68. The first kappa shape index (κ1) is 19.1. The van der Waals surface area contributed by atoms with Crippen LogP contribution in [0.2, 0.25) is 5.04 Å². The topological polar surface area (TPSA) is 26.3 Å². The lowest BCUT2D eigenvalue weighted by molar-refractivity contribution is 0.112. The van der Waals surface area contributed by atoms with E-state index in [0.717, 1.165) is 11.8 Å². The average molecular weight is 375 g/mol. The van der Waals surface area contributed by atoms with E-state index in [2.05, 4.69) is 69.3 Å². The molecule has 0 saturated heterocycles. The SMILES string of the molecule is Cc1ccc(C=O)c(O[Si](c2ccccc2)(c2ccccc2)C(C)(C)C)c1. The molecule has 3 rings (SSSR count). The zero-order valence-electron chi connectivity index (χ0n) is 16.4. The van der Waals surface area contributed by atoms with Crippen LogP contribution in [0.1, 0.15) is 36.7 Å². The summed E-state index contributed by atoms with van der Waals surface area (Å²) in [7, 11) is -2.72. The van der Waals surface area contributed by atoms with E-state index in [1.807, 2.05) is 37.3 Å². The maximum Gasteiger partial charge on any atom is 0.319 e. The Morgan fingerprint density at radius 2 is 1.33 bits per heavy atom. The fourth-order valence-corrected chi connectivity index (χ4v) is 8.08. The maximum atomic E-state index is 11.7. The van der Waals surface area contributed by atoms with Crippen LogP contribution >= 0.6 is 0 Å². The summed E-state index contributed by atoms with van der Waals surface area (Å²) in [6.07, 6.45) is 0.882. The van der Waals surface area contributed by atoms with Gasteiger partial charge in [-0.15, -0.1) is 0 Å². The second-order valence-electron chi connectivity index (χ2n) is 7.92. The Balaban J connectivity index is 2.31. The quantitative estimate of drug-likeness (QED) is 0.476. The normalized spacial score (nSPS) is 11.9. The van der Waals surface area contributed by atoms with Crippen molar-refractivity contribution >= 4 is 25.0 Å². The van der Waals surface area contributed by atoms with Crippen molar-refractivity contribution in [1.82, 2.24) is 0 Å². The van der Waals surface area contributed by atoms with E-state index >= 15 is 0 Å². The van der Waals surface area contributed by atoms with Gasteiger partial charge in [0.25, 0.3) is 0 Å². The molecule has 0 N–H and O–H groups in total. The predicted octanol–water partition coefficient (Wildman–Crippen LogP) is 4.75. The Hall–Kier alpha value is -2.65. The number of benzene rings is 3. The van der Waals surface area contributed by atoms with Crippen molar-refractivity contribution in [2.75, 3.05) is 0 Å². The summed E-state index contributed by atoms with van der Waals surface area (Å²) in [5.74, 6) is 0.666. The molecule has 0 aliphatic carbocycles. The monoisotopic (exact) mass is 374 g/mol. The van der Waals surface area contributed by atoms with Gasteiger partial charge in [0.15, 0.2) is 6.29 Å². The smallest absolute Gasteiger partial charge is 0.319 e. The minimum Gasteiger partial charge on any atom is -0.533 e. The van der Waals surface area contributed by atoms with Crippen LogP contribution in [0.4, 0.5) is 0 Å². The highest BCUT2D eigenvalue weighted by atomic mass is 28.4. The minimum absolute atomic E-state index is 0.139. The van der Waals surface area contributed by atoms with Crippen molar-refractivity contribution in [2.24, 2.45) is 0 Å². The lowest BCUT2D eigenvalue weighted by Gasteiger charge is -2.43. The molecule has 3 aromatic rings. The number of rotatable bonds is 5. The molecule has 0 heterocycles. The molecule has 0 fully saturated rings. The van der Waals surface area contributed by atoms with E-state index in [4.69, 9.17) is 4.43 Å². The minimum atomic E-state index is -2.72. The molecule has 0 radical (unpaired) electrons. The van der Waals surface area contributed by atoms with Gasteiger partial charge >= 0.3 is 8.32 Å². The number of carbonyl (C=O) groups is 1. The molecule has 0 bridgehead atoms. The summed E-state index contributed by atoms with van der Waals surface area (Å²) in [5, 5.41) is 2.25. The van der Waals surface area contributed by atoms with Crippen molar-refractivity contribution in [1.29, 1.82) is 0 Å². The molecule has 27 heavy (non-hydrogen) atoms. The number of hydrogen-bond acceptors (Lipinski definition) is 2. The van der Waals surface area contributed by atoms with Crippen molar-refractivity contribution in [3.05, 3.63) is 90.0 Å². The molecular weight excluding hydrogens is 348 g/mol. The van der Waals surface area contributed by atoms with Crippen LogP contribution in [-0.2, 0) is 0 Å². The number of aldehydes is 1. The van der Waals surface area contributed by atoms with Crippen LogP contribution in [-0.4, -0.2) is 14.6 Å². The molecular formula is C24H26O2Si. The van der Waals surface area contributed by atoms with E-state index in [1.54, 1.807) is 0 Å². The van der Waals surface area contributed by atoms with E-state index in [-0.39, 0.29) is 5.04 Å². The summed E-state index contributed by atoms with van der Waals surface area (Å²) in [5.41, 5.74) is 1.67. The first-order valence-electron chi connectivity index (χ1n) is 9.24. The number of carbonyl (C=O) groups excluding carboxylic acids is 1. The molecule has 0 atom stereocenters. The average Bonchev–Trinajstić information content (AvgIpc) is 2.66. The molecule has 0 amide bonds. The van der Waals surface area contributed by atoms with Crippen LogP contribution in [0.25, 0.3) is 0 Å². The Morgan fingerprint density at radius 1 is 0.815 bits per heavy atom. The molecule has 0 saturated carbocycles. The third kappa shape index (κ3) is 3.60. The van der Waals surface area contributed by atoms with Crippen LogP contribution in [0.5, 0.6) is 5.75 Å². The van der Waals surface area contributed by atoms with E-state index in [0.29, 0.717) is 11.3 Å². The molecule has 0 unspecified atom stereocenters. The Labute approximate surface area is 163 Å². The van der Waals surface area contributed by atoms with Gasteiger partial charge in [0, 0.05) is 0 Å². The predicted molar refractivity (Wildman–Crippen MR) is 115 cm³/mol. The second-order valence-corrected chi connectivity index (χ2v) is 12.1. The summed E-state index contributed by atoms with van der Waals surface area (Å²) in [4.78, 5) is 11.7. The highest BCUT2D eigenvalue weighted by molar-refractivity contribution is 7.00. The molecule has 3 aromatic carbocycles. The third-order valence-electron chi connectivity index (χ3n) is 4.98. The molecule has 0 aromatic heterocycles. The Bertz CT molecular complexity index is 873.